The van der Waals surface area contributed by atoms with Crippen molar-refractivity contribution < 1.29 is 19.7 Å². The first-order valence-corrected chi connectivity index (χ1v) is 21.4. The molecule has 1 aliphatic rings. The number of hydrogen-bond acceptors (Lipinski definition) is 6. The first-order chi connectivity index (χ1) is 28.4. The van der Waals surface area contributed by atoms with Crippen LogP contribution in [0.15, 0.2) is 97.1 Å². The molecule has 7 heterocycles. The average molecular weight is 779 g/mol. The first-order valence-electron chi connectivity index (χ1n) is 21.4. The van der Waals surface area contributed by atoms with Crippen LogP contribution in [0.25, 0.3) is 55.4 Å². The summed E-state index contributed by atoms with van der Waals surface area (Å²) in [5.74, 6) is 0.598. The number of aryl methyl sites for hydroxylation is 2. The fraction of sp³-hybridized carbons (Fsp3) is 0.360. The van der Waals surface area contributed by atoms with Crippen LogP contribution in [0.3, 0.4) is 0 Å². The minimum absolute atomic E-state index is 0.297. The largest absolute Gasteiger partial charge is 0.508 e. The lowest BCUT2D eigenvalue weighted by Crippen LogP contribution is -2.26. The molecule has 1 saturated heterocycles. The highest BCUT2D eigenvalue weighted by atomic mass is 16.5. The molecule has 1 fully saturated rings. The molecule has 8 aromatic rings. The van der Waals surface area contributed by atoms with Crippen molar-refractivity contribution >= 4 is 33.1 Å². The van der Waals surface area contributed by atoms with Gasteiger partial charge in [0.2, 0.25) is 0 Å². The van der Waals surface area contributed by atoms with Crippen LogP contribution < -0.4 is 0 Å². The van der Waals surface area contributed by atoms with Crippen LogP contribution >= 0.6 is 0 Å². The number of hydrogen-bond donors (Lipinski definition) is 2. The number of aromatic hydroxyl groups is 2. The second-order valence-corrected chi connectivity index (χ2v) is 15.6. The highest BCUT2D eigenvalue weighted by Gasteiger charge is 2.22. The smallest absolute Gasteiger partial charge is 0.115 e. The zero-order valence-corrected chi connectivity index (χ0v) is 34.6. The third kappa shape index (κ3) is 7.74. The lowest BCUT2D eigenvalue weighted by atomic mass is 9.99. The van der Waals surface area contributed by atoms with Gasteiger partial charge in [0, 0.05) is 35.3 Å². The Morgan fingerprint density at radius 2 is 1.00 bits per heavy atom. The highest BCUT2D eigenvalue weighted by Crippen LogP contribution is 2.40. The molecule has 0 atom stereocenters. The van der Waals surface area contributed by atoms with E-state index in [1.165, 1.54) is 92.4 Å². The van der Waals surface area contributed by atoms with Gasteiger partial charge in [-0.25, -0.2) is 0 Å². The molecule has 6 aromatic heterocycles. The maximum atomic E-state index is 9.71. The number of likely N-dealkylation sites (N-methyl/N-ethyl adjacent to an activating group) is 1. The SMILES string of the molecule is CCc1c(-c2ccc(O)cc2)c2cc(COCCN(CC)CC)c3cccc1n32.CCc1c(-c2ccc(O)cc2)c2cc(COCCN3CCCC3)c3cccc1n32. The summed E-state index contributed by atoms with van der Waals surface area (Å²) < 4.78 is 16.9. The number of benzene rings is 2. The molecule has 0 saturated carbocycles. The molecule has 8 heteroatoms. The molecule has 9 rings (SSSR count). The highest BCUT2D eigenvalue weighted by molar-refractivity contribution is 5.97. The summed E-state index contributed by atoms with van der Waals surface area (Å²) in [4.78, 5) is 4.87. The lowest BCUT2D eigenvalue weighted by Gasteiger charge is -2.17. The van der Waals surface area contributed by atoms with E-state index in [0.717, 1.165) is 63.4 Å². The van der Waals surface area contributed by atoms with Gasteiger partial charge >= 0.3 is 0 Å². The maximum absolute atomic E-state index is 9.71. The van der Waals surface area contributed by atoms with E-state index in [9.17, 15) is 10.2 Å². The number of nitrogens with zero attached hydrogens (tertiary/aromatic N) is 4. The average Bonchev–Trinajstić information content (AvgIpc) is 4.09. The molecule has 0 radical (unpaired) electrons. The Labute approximate surface area is 342 Å². The van der Waals surface area contributed by atoms with Gasteiger partial charge in [0.1, 0.15) is 11.5 Å². The van der Waals surface area contributed by atoms with Crippen molar-refractivity contribution in [2.24, 2.45) is 0 Å². The van der Waals surface area contributed by atoms with Crippen LogP contribution in [0, 0.1) is 0 Å². The van der Waals surface area contributed by atoms with E-state index in [1.807, 2.05) is 24.3 Å². The van der Waals surface area contributed by atoms with Crippen molar-refractivity contribution in [1.29, 1.82) is 0 Å². The van der Waals surface area contributed by atoms with Crippen molar-refractivity contribution in [2.75, 3.05) is 52.5 Å². The minimum atomic E-state index is 0.297. The van der Waals surface area contributed by atoms with Gasteiger partial charge < -0.3 is 38.3 Å². The molecular weight excluding hydrogens is 721 g/mol. The van der Waals surface area contributed by atoms with Crippen molar-refractivity contribution in [3.8, 4) is 33.8 Å². The summed E-state index contributed by atoms with van der Waals surface area (Å²) in [6.45, 7) is 18.1. The van der Waals surface area contributed by atoms with Crippen LogP contribution in [-0.4, -0.2) is 81.3 Å². The van der Waals surface area contributed by atoms with Gasteiger partial charge in [-0.3, -0.25) is 0 Å². The van der Waals surface area contributed by atoms with Gasteiger partial charge in [0.15, 0.2) is 0 Å². The fourth-order valence-corrected chi connectivity index (χ4v) is 9.20. The van der Waals surface area contributed by atoms with E-state index in [2.05, 4.69) is 94.8 Å². The molecule has 8 nitrogen and oxygen atoms in total. The summed E-state index contributed by atoms with van der Waals surface area (Å²) in [6, 6.07) is 32.8. The fourth-order valence-electron chi connectivity index (χ4n) is 9.20. The van der Waals surface area contributed by atoms with Crippen LogP contribution in [-0.2, 0) is 35.5 Å². The molecule has 0 spiro atoms. The molecule has 0 bridgehead atoms. The second kappa shape index (κ2) is 17.8. The third-order valence-electron chi connectivity index (χ3n) is 12.2. The number of phenolic OH excluding ortho intramolecular Hbond substituents is 2. The quantitative estimate of drug-likeness (QED) is 0.0952. The summed E-state index contributed by atoms with van der Waals surface area (Å²) in [5, 5.41) is 19.4. The zero-order chi connectivity index (χ0) is 40.2. The van der Waals surface area contributed by atoms with Crippen molar-refractivity contribution in [3.63, 3.8) is 0 Å². The zero-order valence-electron chi connectivity index (χ0n) is 34.6. The van der Waals surface area contributed by atoms with Gasteiger partial charge in [-0.05, 0) is 135 Å². The Hall–Kier alpha value is -5.12. The Kier molecular flexibility index (Phi) is 12.2. The molecule has 58 heavy (non-hydrogen) atoms. The standard InChI is InChI=1S/C25H28N2O2.C25H30N2O2/c1-2-21-23-7-5-6-22-19(17-29-15-14-26-12-3-4-13-26)16-24(27(22)23)25(21)18-8-10-20(28)11-9-18;1-4-21-23-9-7-8-22-19(17-29-15-14-26(5-2)6-3)16-24(27(22)23)25(21)18-10-12-20(28)13-11-18/h5-11,16,28H,2-4,12-15,17H2,1H3;7-13,16,28H,4-6,14-15,17H2,1-3H3. The topological polar surface area (TPSA) is 74.2 Å². The summed E-state index contributed by atoms with van der Waals surface area (Å²) in [6.07, 6.45) is 4.58. The van der Waals surface area contributed by atoms with E-state index in [1.54, 1.807) is 24.3 Å². The Morgan fingerprint density at radius 1 is 0.552 bits per heavy atom. The van der Waals surface area contributed by atoms with E-state index in [0.29, 0.717) is 24.7 Å². The van der Waals surface area contributed by atoms with Crippen LogP contribution in [0.1, 0.15) is 62.8 Å². The van der Waals surface area contributed by atoms with Gasteiger partial charge in [0.05, 0.1) is 59.5 Å². The molecular formula is C50H58N4O4. The summed E-state index contributed by atoms with van der Waals surface area (Å²) in [7, 11) is 0. The Balaban J connectivity index is 0.000000162. The van der Waals surface area contributed by atoms with Crippen LogP contribution in [0.2, 0.25) is 0 Å². The summed E-state index contributed by atoms with van der Waals surface area (Å²) in [5.41, 5.74) is 17.5. The predicted molar refractivity (Wildman–Crippen MR) is 238 cm³/mol. The molecule has 1 aliphatic heterocycles. The van der Waals surface area contributed by atoms with Gasteiger partial charge in [-0.1, -0.05) is 64.1 Å². The first kappa shape index (κ1) is 39.7. The molecule has 2 N–H and O–H groups in total. The maximum Gasteiger partial charge on any atom is 0.115 e. The Morgan fingerprint density at radius 3 is 1.45 bits per heavy atom. The number of phenols is 2. The van der Waals surface area contributed by atoms with Crippen molar-refractivity contribution in [3.05, 3.63) is 119 Å². The van der Waals surface area contributed by atoms with Gasteiger partial charge in [0.25, 0.3) is 0 Å². The molecule has 302 valence electrons. The lowest BCUT2D eigenvalue weighted by molar-refractivity contribution is 0.0963. The predicted octanol–water partition coefficient (Wildman–Crippen LogP) is 10.4. The monoisotopic (exact) mass is 778 g/mol. The van der Waals surface area contributed by atoms with Crippen LogP contribution in [0.5, 0.6) is 11.5 Å². The number of likely N-dealkylation sites (tertiary alicyclic amines) is 1. The van der Waals surface area contributed by atoms with E-state index in [4.69, 9.17) is 9.47 Å². The number of pyridine rings is 2. The number of rotatable bonds is 16. The molecule has 0 unspecified atom stereocenters. The number of aromatic nitrogens is 2. The molecule has 0 amide bonds. The van der Waals surface area contributed by atoms with Gasteiger partial charge in [-0.15, -0.1) is 0 Å². The molecule has 0 aliphatic carbocycles. The normalized spacial score (nSPS) is 13.6. The Bertz CT molecular complexity index is 2380. The minimum Gasteiger partial charge on any atom is -0.508 e. The third-order valence-corrected chi connectivity index (χ3v) is 12.2. The second-order valence-electron chi connectivity index (χ2n) is 15.6. The van der Waals surface area contributed by atoms with Crippen molar-refractivity contribution in [1.82, 2.24) is 18.6 Å². The van der Waals surface area contributed by atoms with Crippen LogP contribution in [0.4, 0.5) is 0 Å². The van der Waals surface area contributed by atoms with E-state index < -0.39 is 0 Å². The number of ether oxygens (including phenoxy) is 2. The van der Waals surface area contributed by atoms with Gasteiger partial charge in [-0.2, -0.15) is 0 Å². The van der Waals surface area contributed by atoms with E-state index in [-0.39, 0.29) is 0 Å². The molecule has 2 aromatic carbocycles. The van der Waals surface area contributed by atoms with Crippen molar-refractivity contribution in [2.45, 2.75) is 66.6 Å². The van der Waals surface area contributed by atoms with E-state index >= 15 is 0 Å². The summed E-state index contributed by atoms with van der Waals surface area (Å²) >= 11 is 0.